The van der Waals surface area contributed by atoms with Crippen LogP contribution in [0.3, 0.4) is 0 Å². The van der Waals surface area contributed by atoms with E-state index in [9.17, 15) is 4.79 Å². The molecule has 1 aromatic rings. The second-order valence-corrected chi connectivity index (χ2v) is 2.90. The van der Waals surface area contributed by atoms with Crippen molar-refractivity contribution >= 4 is 5.97 Å². The quantitative estimate of drug-likeness (QED) is 0.498. The largest absolute Gasteiger partial charge is 0.465 e. The van der Waals surface area contributed by atoms with E-state index in [0.29, 0.717) is 5.56 Å². The number of ether oxygens (including phenoxy) is 1. The van der Waals surface area contributed by atoms with Crippen LogP contribution in [0.15, 0.2) is 18.2 Å². The van der Waals surface area contributed by atoms with Gasteiger partial charge in [0.15, 0.2) is 0 Å². The zero-order valence-corrected chi connectivity index (χ0v) is 8.55. The van der Waals surface area contributed by atoms with Crippen LogP contribution in [0.1, 0.15) is 28.4 Å². The maximum atomic E-state index is 11.2. The Morgan fingerprint density at radius 2 is 2.14 bits per heavy atom. The Balaban J connectivity index is 3.11. The molecule has 1 aromatic carbocycles. The van der Waals surface area contributed by atoms with E-state index in [2.05, 4.69) is 16.6 Å². The molecular weight excluding hydrogens is 176 g/mol. The lowest BCUT2D eigenvalue weighted by Crippen LogP contribution is -2.03. The molecule has 0 radical (unpaired) electrons. The van der Waals surface area contributed by atoms with Crippen molar-refractivity contribution in [2.75, 3.05) is 7.11 Å². The number of rotatable bonds is 1. The Labute approximate surface area is 83.9 Å². The number of methoxy groups -OCH3 is 1. The van der Waals surface area contributed by atoms with Crippen LogP contribution in [-0.4, -0.2) is 13.1 Å². The van der Waals surface area contributed by atoms with Crippen molar-refractivity contribution < 1.29 is 9.53 Å². The van der Waals surface area contributed by atoms with E-state index in [1.165, 1.54) is 7.11 Å². The molecule has 72 valence electrons. The zero-order valence-electron chi connectivity index (χ0n) is 8.55. The summed E-state index contributed by atoms with van der Waals surface area (Å²) < 4.78 is 4.64. The molecule has 0 spiro atoms. The van der Waals surface area contributed by atoms with E-state index < -0.39 is 0 Å². The van der Waals surface area contributed by atoms with Crippen LogP contribution < -0.4 is 0 Å². The highest BCUT2D eigenvalue weighted by Crippen LogP contribution is 2.11. The number of hydrogen-bond acceptors (Lipinski definition) is 2. The van der Waals surface area contributed by atoms with Crippen molar-refractivity contribution in [3.63, 3.8) is 0 Å². The van der Waals surface area contributed by atoms with Crippen LogP contribution in [0.2, 0.25) is 0 Å². The molecule has 14 heavy (non-hydrogen) atoms. The molecule has 0 atom stereocenters. The summed E-state index contributed by atoms with van der Waals surface area (Å²) in [6.45, 7) is 3.65. The Morgan fingerprint density at radius 1 is 1.43 bits per heavy atom. The second kappa shape index (κ2) is 4.48. The summed E-state index contributed by atoms with van der Waals surface area (Å²) in [7, 11) is 1.38. The highest BCUT2D eigenvalue weighted by atomic mass is 16.5. The molecule has 0 aliphatic carbocycles. The molecule has 0 unspecified atom stereocenters. The first-order valence-electron chi connectivity index (χ1n) is 4.30. The van der Waals surface area contributed by atoms with E-state index in [1.807, 2.05) is 19.1 Å². The highest BCUT2D eigenvalue weighted by molar-refractivity contribution is 5.91. The molecular formula is C12H12O2. The second-order valence-electron chi connectivity index (χ2n) is 2.90. The minimum atomic E-state index is -0.307. The fraction of sp³-hybridized carbons (Fsp3) is 0.250. The summed E-state index contributed by atoms with van der Waals surface area (Å²) in [5.41, 5.74) is 2.39. The molecule has 0 saturated heterocycles. The first-order valence-corrected chi connectivity index (χ1v) is 4.30. The molecule has 0 saturated carbocycles. The highest BCUT2D eigenvalue weighted by Gasteiger charge is 2.08. The number of carbonyl (C=O) groups excluding carboxylic acids is 1. The maximum absolute atomic E-state index is 11.2. The maximum Gasteiger partial charge on any atom is 0.338 e. The van der Waals surface area contributed by atoms with Gasteiger partial charge in [-0.15, -0.1) is 5.92 Å². The van der Waals surface area contributed by atoms with Crippen LogP contribution in [0, 0.1) is 18.8 Å². The first-order chi connectivity index (χ1) is 6.69. The van der Waals surface area contributed by atoms with Gasteiger partial charge < -0.3 is 4.74 Å². The van der Waals surface area contributed by atoms with Gasteiger partial charge in [-0.05, 0) is 37.6 Å². The van der Waals surface area contributed by atoms with Gasteiger partial charge in [0.05, 0.1) is 12.7 Å². The van der Waals surface area contributed by atoms with Gasteiger partial charge in [-0.2, -0.15) is 0 Å². The first kappa shape index (κ1) is 10.3. The van der Waals surface area contributed by atoms with E-state index >= 15 is 0 Å². The fourth-order valence-electron chi connectivity index (χ4n) is 1.22. The van der Waals surface area contributed by atoms with Crippen molar-refractivity contribution in [3.8, 4) is 11.8 Å². The van der Waals surface area contributed by atoms with E-state index in [0.717, 1.165) is 11.1 Å². The van der Waals surface area contributed by atoms with Crippen LogP contribution in [0.4, 0.5) is 0 Å². The van der Waals surface area contributed by atoms with Gasteiger partial charge in [0.2, 0.25) is 0 Å². The molecule has 1 rings (SSSR count). The molecule has 0 fully saturated rings. The average Bonchev–Trinajstić information content (AvgIpc) is 2.17. The lowest BCUT2D eigenvalue weighted by Gasteiger charge is -2.03. The molecule has 0 aromatic heterocycles. The van der Waals surface area contributed by atoms with Gasteiger partial charge in [0.25, 0.3) is 0 Å². The van der Waals surface area contributed by atoms with Gasteiger partial charge in [0.1, 0.15) is 0 Å². The molecule has 0 amide bonds. The van der Waals surface area contributed by atoms with Gasteiger partial charge in [-0.3, -0.25) is 0 Å². The van der Waals surface area contributed by atoms with Crippen molar-refractivity contribution in [1.82, 2.24) is 0 Å². The summed E-state index contributed by atoms with van der Waals surface area (Å²) in [5, 5.41) is 0. The van der Waals surface area contributed by atoms with E-state index in [-0.39, 0.29) is 5.97 Å². The van der Waals surface area contributed by atoms with Gasteiger partial charge in [0, 0.05) is 5.56 Å². The van der Waals surface area contributed by atoms with E-state index in [1.54, 1.807) is 13.0 Å². The topological polar surface area (TPSA) is 26.3 Å². The van der Waals surface area contributed by atoms with Gasteiger partial charge in [-0.25, -0.2) is 4.79 Å². The monoisotopic (exact) mass is 188 g/mol. The van der Waals surface area contributed by atoms with Crippen LogP contribution >= 0.6 is 0 Å². The molecule has 0 N–H and O–H groups in total. The third-order valence-electron chi connectivity index (χ3n) is 1.90. The Kier molecular flexibility index (Phi) is 3.30. The Bertz CT molecular complexity index is 408. The number of benzene rings is 1. The van der Waals surface area contributed by atoms with Gasteiger partial charge in [-0.1, -0.05) is 5.92 Å². The summed E-state index contributed by atoms with van der Waals surface area (Å²) in [4.78, 5) is 11.2. The Hall–Kier alpha value is -1.75. The summed E-state index contributed by atoms with van der Waals surface area (Å²) in [6.07, 6.45) is 0. The minimum Gasteiger partial charge on any atom is -0.465 e. The molecule has 0 heterocycles. The predicted molar refractivity (Wildman–Crippen MR) is 55.1 cm³/mol. The SMILES string of the molecule is CC#Cc1ccc(C(=O)OC)c(C)c1. The van der Waals surface area contributed by atoms with Crippen molar-refractivity contribution in [3.05, 3.63) is 34.9 Å². The van der Waals surface area contributed by atoms with Crippen molar-refractivity contribution in [2.24, 2.45) is 0 Å². The molecule has 0 aliphatic rings. The lowest BCUT2D eigenvalue weighted by atomic mass is 10.1. The normalized spacial score (nSPS) is 8.79. The van der Waals surface area contributed by atoms with Crippen LogP contribution in [0.25, 0.3) is 0 Å². The molecule has 2 nitrogen and oxygen atoms in total. The third-order valence-corrected chi connectivity index (χ3v) is 1.90. The molecule has 0 aliphatic heterocycles. The number of esters is 1. The fourth-order valence-corrected chi connectivity index (χ4v) is 1.22. The number of carbonyl (C=O) groups is 1. The summed E-state index contributed by atoms with van der Waals surface area (Å²) in [6, 6.07) is 5.43. The molecule has 0 bridgehead atoms. The number of hydrogen-bond donors (Lipinski definition) is 0. The average molecular weight is 188 g/mol. The Morgan fingerprint density at radius 3 is 2.64 bits per heavy atom. The van der Waals surface area contributed by atoms with Crippen molar-refractivity contribution in [2.45, 2.75) is 13.8 Å². The zero-order chi connectivity index (χ0) is 10.6. The lowest BCUT2D eigenvalue weighted by molar-refractivity contribution is 0.0600. The number of aryl methyl sites for hydroxylation is 1. The van der Waals surface area contributed by atoms with Crippen molar-refractivity contribution in [1.29, 1.82) is 0 Å². The van der Waals surface area contributed by atoms with E-state index in [4.69, 9.17) is 0 Å². The molecule has 2 heteroatoms. The summed E-state index contributed by atoms with van der Waals surface area (Å²) in [5.74, 6) is 5.43. The third kappa shape index (κ3) is 2.14. The standard InChI is InChI=1S/C12H12O2/c1-4-5-10-6-7-11(9(2)8-10)12(13)14-3/h6-8H,1-3H3. The summed E-state index contributed by atoms with van der Waals surface area (Å²) >= 11 is 0. The smallest absolute Gasteiger partial charge is 0.338 e. The van der Waals surface area contributed by atoms with Crippen LogP contribution in [-0.2, 0) is 4.74 Å². The van der Waals surface area contributed by atoms with Gasteiger partial charge >= 0.3 is 5.97 Å². The predicted octanol–water partition coefficient (Wildman–Crippen LogP) is 2.15. The van der Waals surface area contributed by atoms with Crippen LogP contribution in [0.5, 0.6) is 0 Å². The minimum absolute atomic E-state index is 0.307.